The second-order valence-corrected chi connectivity index (χ2v) is 3.75. The fourth-order valence-electron chi connectivity index (χ4n) is 1.59. The van der Waals surface area contributed by atoms with Crippen LogP contribution in [0, 0.1) is 0 Å². The fraction of sp³-hybridized carbons (Fsp3) is 0.462. The van der Waals surface area contributed by atoms with E-state index in [1.54, 1.807) is 14.2 Å². The van der Waals surface area contributed by atoms with Crippen LogP contribution in [-0.4, -0.2) is 26.0 Å². The van der Waals surface area contributed by atoms with Crippen LogP contribution in [-0.2, 0) is 6.42 Å². The minimum Gasteiger partial charge on any atom is -0.496 e. The van der Waals surface area contributed by atoms with E-state index in [4.69, 9.17) is 4.74 Å². The first-order valence-corrected chi connectivity index (χ1v) is 5.52. The Kier molecular flexibility index (Phi) is 4.50. The molecule has 0 aliphatic heterocycles. The van der Waals surface area contributed by atoms with Gasteiger partial charge in [0, 0.05) is 5.56 Å². The minimum absolute atomic E-state index is 0.111. The zero-order valence-corrected chi connectivity index (χ0v) is 10.3. The van der Waals surface area contributed by atoms with E-state index in [2.05, 4.69) is 5.32 Å². The van der Waals surface area contributed by atoms with Gasteiger partial charge in [0.1, 0.15) is 5.75 Å². The molecule has 3 heteroatoms. The standard InChI is InChI=1S/C13H19NO2/c1-5-10-8-11(6-7-12(10)16-4)13(15)9(2)14-3/h6-9,14H,5H2,1-4H3. The van der Waals surface area contributed by atoms with E-state index in [1.807, 2.05) is 32.0 Å². The van der Waals surface area contributed by atoms with Gasteiger partial charge in [0.15, 0.2) is 5.78 Å². The number of likely N-dealkylation sites (N-methyl/N-ethyl adjacent to an activating group) is 1. The van der Waals surface area contributed by atoms with Crippen LogP contribution in [0.3, 0.4) is 0 Å². The number of ketones is 1. The van der Waals surface area contributed by atoms with Gasteiger partial charge in [-0.1, -0.05) is 6.92 Å². The molecule has 1 aromatic carbocycles. The van der Waals surface area contributed by atoms with Gasteiger partial charge in [-0.15, -0.1) is 0 Å². The van der Waals surface area contributed by atoms with Crippen molar-refractivity contribution in [2.75, 3.05) is 14.2 Å². The van der Waals surface area contributed by atoms with Crippen molar-refractivity contribution >= 4 is 5.78 Å². The molecule has 0 aliphatic carbocycles. The molecule has 0 spiro atoms. The molecule has 0 amide bonds. The van der Waals surface area contributed by atoms with Gasteiger partial charge in [0.05, 0.1) is 13.2 Å². The maximum absolute atomic E-state index is 11.9. The smallest absolute Gasteiger partial charge is 0.179 e. The lowest BCUT2D eigenvalue weighted by Crippen LogP contribution is -2.30. The first kappa shape index (κ1) is 12.7. The minimum atomic E-state index is -0.155. The summed E-state index contributed by atoms with van der Waals surface area (Å²) in [7, 11) is 3.43. The van der Waals surface area contributed by atoms with Crippen LogP contribution in [0.4, 0.5) is 0 Å². The Balaban J connectivity index is 3.03. The topological polar surface area (TPSA) is 38.3 Å². The summed E-state index contributed by atoms with van der Waals surface area (Å²) in [6, 6.07) is 5.43. The lowest BCUT2D eigenvalue weighted by atomic mass is 10.0. The Morgan fingerprint density at radius 2 is 2.19 bits per heavy atom. The summed E-state index contributed by atoms with van der Waals surface area (Å²) in [4.78, 5) is 11.9. The highest BCUT2D eigenvalue weighted by Crippen LogP contribution is 2.21. The first-order valence-electron chi connectivity index (χ1n) is 5.52. The number of hydrogen-bond donors (Lipinski definition) is 1. The number of methoxy groups -OCH3 is 1. The van der Waals surface area contributed by atoms with Crippen LogP contribution in [0.15, 0.2) is 18.2 Å². The number of carbonyl (C=O) groups is 1. The summed E-state index contributed by atoms with van der Waals surface area (Å²) < 4.78 is 5.23. The Morgan fingerprint density at radius 3 is 2.69 bits per heavy atom. The number of ether oxygens (including phenoxy) is 1. The molecular formula is C13H19NO2. The van der Waals surface area contributed by atoms with Crippen molar-refractivity contribution in [1.82, 2.24) is 5.32 Å². The zero-order chi connectivity index (χ0) is 12.1. The number of nitrogens with one attached hydrogen (secondary N) is 1. The monoisotopic (exact) mass is 221 g/mol. The maximum Gasteiger partial charge on any atom is 0.179 e. The molecule has 0 aromatic heterocycles. The number of aryl methyl sites for hydroxylation is 1. The number of carbonyl (C=O) groups excluding carboxylic acids is 1. The van der Waals surface area contributed by atoms with Crippen molar-refractivity contribution in [2.45, 2.75) is 26.3 Å². The Labute approximate surface area is 96.8 Å². The second-order valence-electron chi connectivity index (χ2n) is 3.75. The highest BCUT2D eigenvalue weighted by atomic mass is 16.5. The SMILES string of the molecule is CCc1cc(C(=O)C(C)NC)ccc1OC. The van der Waals surface area contributed by atoms with Crippen LogP contribution in [0.2, 0.25) is 0 Å². The second kappa shape index (κ2) is 5.66. The lowest BCUT2D eigenvalue weighted by molar-refractivity contribution is 0.0955. The fourth-order valence-corrected chi connectivity index (χ4v) is 1.59. The molecule has 0 radical (unpaired) electrons. The van der Waals surface area contributed by atoms with Crippen LogP contribution >= 0.6 is 0 Å². The summed E-state index contributed by atoms with van der Waals surface area (Å²) in [6.45, 7) is 3.91. The summed E-state index contributed by atoms with van der Waals surface area (Å²) in [5.41, 5.74) is 1.80. The van der Waals surface area contributed by atoms with Gasteiger partial charge in [-0.2, -0.15) is 0 Å². The molecule has 1 atom stereocenters. The Bertz CT molecular complexity index is 374. The molecule has 0 fully saturated rings. The van der Waals surface area contributed by atoms with Crippen molar-refractivity contribution < 1.29 is 9.53 Å². The normalized spacial score (nSPS) is 12.2. The molecule has 1 aromatic rings. The average molecular weight is 221 g/mol. The summed E-state index contributed by atoms with van der Waals surface area (Å²) in [5, 5.41) is 2.95. The predicted molar refractivity (Wildman–Crippen MR) is 65.2 cm³/mol. The summed E-state index contributed by atoms with van der Waals surface area (Å²) >= 11 is 0. The van der Waals surface area contributed by atoms with E-state index in [1.165, 1.54) is 0 Å². The van der Waals surface area contributed by atoms with Gasteiger partial charge < -0.3 is 10.1 Å². The summed E-state index contributed by atoms with van der Waals surface area (Å²) in [6.07, 6.45) is 0.859. The number of benzene rings is 1. The lowest BCUT2D eigenvalue weighted by Gasteiger charge is -2.12. The molecular weight excluding hydrogens is 202 g/mol. The van der Waals surface area contributed by atoms with E-state index in [-0.39, 0.29) is 11.8 Å². The van der Waals surface area contributed by atoms with Gasteiger partial charge in [0.25, 0.3) is 0 Å². The quantitative estimate of drug-likeness (QED) is 0.773. The first-order chi connectivity index (χ1) is 7.63. The molecule has 16 heavy (non-hydrogen) atoms. The van der Waals surface area contributed by atoms with E-state index in [0.717, 1.165) is 23.3 Å². The van der Waals surface area contributed by atoms with E-state index in [9.17, 15) is 4.79 Å². The van der Waals surface area contributed by atoms with Crippen molar-refractivity contribution in [2.24, 2.45) is 0 Å². The van der Waals surface area contributed by atoms with Crippen molar-refractivity contribution in [3.63, 3.8) is 0 Å². The van der Waals surface area contributed by atoms with Gasteiger partial charge >= 0.3 is 0 Å². The summed E-state index contributed by atoms with van der Waals surface area (Å²) in [5.74, 6) is 0.955. The van der Waals surface area contributed by atoms with Gasteiger partial charge in [-0.25, -0.2) is 0 Å². The third-order valence-electron chi connectivity index (χ3n) is 2.77. The van der Waals surface area contributed by atoms with Crippen LogP contribution < -0.4 is 10.1 Å². The van der Waals surface area contributed by atoms with Crippen LogP contribution in [0.5, 0.6) is 5.75 Å². The average Bonchev–Trinajstić information content (AvgIpc) is 2.35. The highest BCUT2D eigenvalue weighted by Gasteiger charge is 2.14. The Hall–Kier alpha value is -1.35. The molecule has 1 N–H and O–H groups in total. The van der Waals surface area contributed by atoms with Crippen LogP contribution in [0.25, 0.3) is 0 Å². The Morgan fingerprint density at radius 1 is 1.50 bits per heavy atom. The molecule has 1 rings (SSSR count). The van der Waals surface area contributed by atoms with Crippen molar-refractivity contribution in [1.29, 1.82) is 0 Å². The molecule has 0 heterocycles. The van der Waals surface area contributed by atoms with E-state index >= 15 is 0 Å². The maximum atomic E-state index is 11.9. The molecule has 88 valence electrons. The number of Topliss-reactive ketones (excluding diaryl/α,β-unsaturated/α-hetero) is 1. The molecule has 1 unspecified atom stereocenters. The molecule has 0 bridgehead atoms. The molecule has 0 saturated carbocycles. The van der Waals surface area contributed by atoms with E-state index in [0.29, 0.717) is 0 Å². The highest BCUT2D eigenvalue weighted by molar-refractivity contribution is 6.00. The van der Waals surface area contributed by atoms with Crippen molar-refractivity contribution in [3.05, 3.63) is 29.3 Å². The largest absolute Gasteiger partial charge is 0.496 e. The van der Waals surface area contributed by atoms with Crippen molar-refractivity contribution in [3.8, 4) is 5.75 Å². The predicted octanol–water partition coefficient (Wildman–Crippen LogP) is 2.05. The molecule has 3 nitrogen and oxygen atoms in total. The number of rotatable bonds is 5. The zero-order valence-electron chi connectivity index (χ0n) is 10.3. The third-order valence-corrected chi connectivity index (χ3v) is 2.77. The van der Waals surface area contributed by atoms with Gasteiger partial charge in [-0.3, -0.25) is 4.79 Å². The van der Waals surface area contributed by atoms with Gasteiger partial charge in [-0.05, 0) is 44.2 Å². The van der Waals surface area contributed by atoms with E-state index < -0.39 is 0 Å². The van der Waals surface area contributed by atoms with Gasteiger partial charge in [0.2, 0.25) is 0 Å². The van der Waals surface area contributed by atoms with Crippen LogP contribution in [0.1, 0.15) is 29.8 Å². The molecule has 0 saturated heterocycles. The molecule has 0 aliphatic rings. The third kappa shape index (κ3) is 2.61. The number of hydrogen-bond acceptors (Lipinski definition) is 3.